The van der Waals surface area contributed by atoms with Gasteiger partial charge in [-0.1, -0.05) is 0 Å². The van der Waals surface area contributed by atoms with Gasteiger partial charge in [0.25, 0.3) is 11.4 Å². The average molecular weight is 535 g/mol. The van der Waals surface area contributed by atoms with Gasteiger partial charge in [-0.15, -0.1) is 0 Å². The molecule has 15 nitrogen and oxygen atoms in total. The normalized spacial score (nSPS) is 11.1. The minimum absolute atomic E-state index is 0.190. The van der Waals surface area contributed by atoms with E-state index in [9.17, 15) is 20.2 Å². The molecule has 0 aromatic heterocycles. The van der Waals surface area contributed by atoms with Crippen LogP contribution in [0.1, 0.15) is 0 Å². The Morgan fingerprint density at radius 3 is 1.41 bits per heavy atom. The number of rotatable bonds is 26. The van der Waals surface area contributed by atoms with Crippen molar-refractivity contribution in [1.82, 2.24) is 0 Å². The number of hydrogen-bond acceptors (Lipinski definition) is 13. The Hall–Kier alpha value is -2.50. The minimum Gasteiger partial charge on any atom is -0.378 e. The lowest BCUT2D eigenvalue weighted by Crippen LogP contribution is -2.16. The van der Waals surface area contributed by atoms with E-state index in [1.54, 1.807) is 0 Å². The minimum atomic E-state index is -0.681. The molecule has 0 bridgehead atoms. The molecule has 0 atom stereocenters. The Kier molecular flexibility index (Phi) is 19.9. The van der Waals surface area contributed by atoms with E-state index in [2.05, 4.69) is 5.32 Å². The van der Waals surface area contributed by atoms with Crippen molar-refractivity contribution in [2.24, 2.45) is 5.73 Å². The molecule has 1 rings (SSSR count). The van der Waals surface area contributed by atoms with E-state index in [1.165, 1.54) is 12.1 Å². The first-order valence-corrected chi connectivity index (χ1v) is 12.0. The van der Waals surface area contributed by atoms with Gasteiger partial charge in [0.15, 0.2) is 0 Å². The fraction of sp³-hybridized carbons (Fsp3) is 0.727. The second-order valence-electron chi connectivity index (χ2n) is 7.22. The molecule has 0 aliphatic carbocycles. The number of anilines is 1. The molecule has 0 spiro atoms. The molecule has 0 unspecified atom stereocenters. The molecular formula is C22H38N4O11. The van der Waals surface area contributed by atoms with Crippen molar-refractivity contribution in [3.05, 3.63) is 38.4 Å². The highest BCUT2D eigenvalue weighted by molar-refractivity contribution is 5.65. The number of non-ortho nitro benzene ring substituents is 1. The molecule has 0 amide bonds. The van der Waals surface area contributed by atoms with Crippen molar-refractivity contribution in [3.63, 3.8) is 0 Å². The Morgan fingerprint density at radius 2 is 1.03 bits per heavy atom. The van der Waals surface area contributed by atoms with E-state index in [1.807, 2.05) is 0 Å². The van der Waals surface area contributed by atoms with Crippen LogP contribution in [0.4, 0.5) is 17.1 Å². The highest BCUT2D eigenvalue weighted by Crippen LogP contribution is 2.28. The van der Waals surface area contributed by atoms with Gasteiger partial charge in [-0.3, -0.25) is 20.2 Å². The lowest BCUT2D eigenvalue weighted by molar-refractivity contribution is -0.393. The quantitative estimate of drug-likeness (QED) is 0.0973. The van der Waals surface area contributed by atoms with Crippen LogP contribution < -0.4 is 11.1 Å². The van der Waals surface area contributed by atoms with Crippen LogP contribution in [0.15, 0.2) is 18.2 Å². The van der Waals surface area contributed by atoms with Crippen LogP contribution in [-0.2, 0) is 33.2 Å². The van der Waals surface area contributed by atoms with E-state index in [0.717, 1.165) is 6.07 Å². The Bertz CT molecular complexity index is 743. The Balaban J connectivity index is 1.84. The Labute approximate surface area is 215 Å². The molecule has 0 fully saturated rings. The molecule has 212 valence electrons. The molecule has 0 radical (unpaired) electrons. The zero-order valence-corrected chi connectivity index (χ0v) is 21.0. The highest BCUT2D eigenvalue weighted by Gasteiger charge is 2.18. The zero-order valence-electron chi connectivity index (χ0n) is 21.0. The predicted molar refractivity (Wildman–Crippen MR) is 133 cm³/mol. The fourth-order valence-electron chi connectivity index (χ4n) is 2.70. The number of nitrogens with one attached hydrogen (secondary N) is 1. The number of hydrogen-bond donors (Lipinski definition) is 2. The summed E-state index contributed by atoms with van der Waals surface area (Å²) in [6.07, 6.45) is 0. The van der Waals surface area contributed by atoms with E-state index < -0.39 is 9.85 Å². The SMILES string of the molecule is NCCOCCOCCOCCOCCOCCOCCOCCNc1ccc([N+](=O)[O-])cc1[N+](=O)[O-]. The van der Waals surface area contributed by atoms with E-state index >= 15 is 0 Å². The molecule has 0 aliphatic heterocycles. The van der Waals surface area contributed by atoms with Gasteiger partial charge >= 0.3 is 0 Å². The van der Waals surface area contributed by atoms with Gasteiger partial charge < -0.3 is 44.2 Å². The second-order valence-corrected chi connectivity index (χ2v) is 7.22. The van der Waals surface area contributed by atoms with Crippen molar-refractivity contribution >= 4 is 17.1 Å². The molecule has 0 saturated carbocycles. The number of benzene rings is 1. The summed E-state index contributed by atoms with van der Waals surface area (Å²) < 4.78 is 37.5. The second kappa shape index (κ2) is 22.7. The van der Waals surface area contributed by atoms with Crippen LogP contribution in [0.2, 0.25) is 0 Å². The molecule has 0 aliphatic rings. The van der Waals surface area contributed by atoms with Crippen LogP contribution in [0.5, 0.6) is 0 Å². The van der Waals surface area contributed by atoms with Crippen molar-refractivity contribution in [1.29, 1.82) is 0 Å². The van der Waals surface area contributed by atoms with Gasteiger partial charge in [0.05, 0.1) is 108 Å². The lowest BCUT2D eigenvalue weighted by Gasteiger charge is -2.09. The molecule has 3 N–H and O–H groups in total. The van der Waals surface area contributed by atoms with E-state index in [-0.39, 0.29) is 23.7 Å². The molecule has 15 heteroatoms. The van der Waals surface area contributed by atoms with Crippen LogP contribution in [-0.4, -0.2) is 115 Å². The van der Waals surface area contributed by atoms with Gasteiger partial charge in [-0.05, 0) is 6.07 Å². The predicted octanol–water partition coefficient (Wildman–Crippen LogP) is 0.990. The zero-order chi connectivity index (χ0) is 27.0. The van der Waals surface area contributed by atoms with Gasteiger partial charge in [0.2, 0.25) is 0 Å². The molecule has 0 saturated heterocycles. The first-order chi connectivity index (χ1) is 18.1. The number of ether oxygens (including phenoxy) is 7. The van der Waals surface area contributed by atoms with Crippen LogP contribution >= 0.6 is 0 Å². The number of nitro benzene ring substituents is 2. The third-order valence-corrected chi connectivity index (χ3v) is 4.44. The number of nitro groups is 2. The first kappa shape index (κ1) is 32.5. The maximum absolute atomic E-state index is 11.1. The summed E-state index contributed by atoms with van der Waals surface area (Å²) >= 11 is 0. The van der Waals surface area contributed by atoms with Crippen LogP contribution in [0.25, 0.3) is 0 Å². The molecule has 37 heavy (non-hydrogen) atoms. The number of nitrogens with zero attached hydrogens (tertiary/aromatic N) is 2. The maximum atomic E-state index is 11.1. The first-order valence-electron chi connectivity index (χ1n) is 12.0. The van der Waals surface area contributed by atoms with Crippen LogP contribution in [0, 0.1) is 20.2 Å². The molecule has 0 heterocycles. The lowest BCUT2D eigenvalue weighted by atomic mass is 10.2. The van der Waals surface area contributed by atoms with Crippen molar-refractivity contribution in [3.8, 4) is 0 Å². The molecular weight excluding hydrogens is 496 g/mol. The van der Waals surface area contributed by atoms with E-state index in [4.69, 9.17) is 38.9 Å². The van der Waals surface area contributed by atoms with Gasteiger partial charge in [-0.25, -0.2) is 0 Å². The standard InChI is InChI=1S/C22H38N4O11/c23-3-5-31-7-9-33-11-13-35-15-17-37-18-16-36-14-12-34-10-8-32-6-4-24-21-2-1-20(25(27)28)19-22(21)26(29)30/h1-2,19,24H,3-18,23H2. The van der Waals surface area contributed by atoms with Crippen LogP contribution in [0.3, 0.4) is 0 Å². The maximum Gasteiger partial charge on any atom is 0.299 e. The van der Waals surface area contributed by atoms with Gasteiger partial charge in [0.1, 0.15) is 5.69 Å². The number of nitrogens with two attached hydrogens (primary N) is 1. The van der Waals surface area contributed by atoms with Crippen molar-refractivity contribution in [2.75, 3.05) is 111 Å². The Morgan fingerprint density at radius 1 is 0.622 bits per heavy atom. The highest BCUT2D eigenvalue weighted by atomic mass is 16.6. The smallest absolute Gasteiger partial charge is 0.299 e. The largest absolute Gasteiger partial charge is 0.378 e. The topological polar surface area (TPSA) is 189 Å². The summed E-state index contributed by atoms with van der Waals surface area (Å²) in [7, 11) is 0. The van der Waals surface area contributed by atoms with Gasteiger partial charge in [0, 0.05) is 19.2 Å². The van der Waals surface area contributed by atoms with Crippen molar-refractivity contribution < 1.29 is 43.0 Å². The monoisotopic (exact) mass is 534 g/mol. The summed E-state index contributed by atoms with van der Waals surface area (Å²) in [6.45, 7) is 7.11. The van der Waals surface area contributed by atoms with E-state index in [0.29, 0.717) is 99.0 Å². The van der Waals surface area contributed by atoms with Crippen molar-refractivity contribution in [2.45, 2.75) is 0 Å². The summed E-state index contributed by atoms with van der Waals surface area (Å²) in [4.78, 5) is 20.5. The summed E-state index contributed by atoms with van der Waals surface area (Å²) in [6, 6.07) is 3.43. The molecule has 1 aromatic carbocycles. The fourth-order valence-corrected chi connectivity index (χ4v) is 2.70. The third-order valence-electron chi connectivity index (χ3n) is 4.44. The van der Waals surface area contributed by atoms with Gasteiger partial charge in [-0.2, -0.15) is 0 Å². The summed E-state index contributed by atoms with van der Waals surface area (Å²) in [5.74, 6) is 0. The molecule has 1 aromatic rings. The summed E-state index contributed by atoms with van der Waals surface area (Å²) in [5.41, 5.74) is 4.79. The summed E-state index contributed by atoms with van der Waals surface area (Å²) in [5, 5.41) is 24.7. The average Bonchev–Trinajstić information content (AvgIpc) is 2.89. The third kappa shape index (κ3) is 17.6.